The van der Waals surface area contributed by atoms with Crippen molar-refractivity contribution in [3.8, 4) is 11.1 Å². The largest absolute Gasteiger partial charge is 0.481 e. The third-order valence-corrected chi connectivity index (χ3v) is 6.94. The van der Waals surface area contributed by atoms with E-state index in [0.29, 0.717) is 6.54 Å². The maximum absolute atomic E-state index is 12.7. The second-order valence-electron chi connectivity index (χ2n) is 9.03. The van der Waals surface area contributed by atoms with Crippen LogP contribution in [0.15, 0.2) is 48.5 Å². The summed E-state index contributed by atoms with van der Waals surface area (Å²) < 4.78 is 5.53. The van der Waals surface area contributed by atoms with Crippen molar-refractivity contribution < 1.29 is 24.2 Å². The fraction of sp³-hybridized carbons (Fsp3) is 0.423. The molecule has 0 aliphatic heterocycles. The quantitative estimate of drug-likeness (QED) is 0.506. The zero-order valence-corrected chi connectivity index (χ0v) is 18.8. The van der Waals surface area contributed by atoms with Crippen molar-refractivity contribution in [3.63, 3.8) is 0 Å². The molecule has 1 fully saturated rings. The first-order valence-corrected chi connectivity index (χ1v) is 11.5. The van der Waals surface area contributed by atoms with Gasteiger partial charge in [-0.15, -0.1) is 0 Å². The zero-order chi connectivity index (χ0) is 23.4. The number of alkyl carbamates (subject to hydrolysis) is 1. The fourth-order valence-electron chi connectivity index (χ4n) is 4.55. The van der Waals surface area contributed by atoms with Gasteiger partial charge < -0.3 is 20.5 Å². The van der Waals surface area contributed by atoms with Crippen molar-refractivity contribution in [2.45, 2.75) is 51.0 Å². The minimum atomic E-state index is -1.02. The van der Waals surface area contributed by atoms with Crippen LogP contribution in [-0.4, -0.2) is 42.3 Å². The first-order chi connectivity index (χ1) is 15.9. The van der Waals surface area contributed by atoms with E-state index in [1.165, 1.54) is 0 Å². The van der Waals surface area contributed by atoms with Crippen molar-refractivity contribution in [1.29, 1.82) is 0 Å². The number of rotatable bonds is 10. The standard InChI is InChI=1S/C26H30N2O5/c1-2-26(13-14-26)16-27-24(31)22(11-12-23(29)30)28-25(32)33-15-21-19-9-5-3-7-17(19)18-8-4-6-10-20(18)21/h3-10,21-22H,2,11-16H2,1H3,(H,27,31)(H,28,32)(H,29,30). The lowest BCUT2D eigenvalue weighted by Gasteiger charge is -2.21. The molecule has 0 aromatic heterocycles. The van der Waals surface area contributed by atoms with Gasteiger partial charge in [-0.3, -0.25) is 9.59 Å². The van der Waals surface area contributed by atoms with Gasteiger partial charge in [0.25, 0.3) is 0 Å². The Balaban J connectivity index is 1.38. The van der Waals surface area contributed by atoms with Crippen LogP contribution in [0.3, 0.4) is 0 Å². The third-order valence-electron chi connectivity index (χ3n) is 6.94. The Labute approximate surface area is 193 Å². The average molecular weight is 451 g/mol. The highest BCUT2D eigenvalue weighted by Gasteiger charge is 2.41. The summed E-state index contributed by atoms with van der Waals surface area (Å²) in [4.78, 5) is 36.3. The van der Waals surface area contributed by atoms with Crippen LogP contribution in [0.5, 0.6) is 0 Å². The van der Waals surface area contributed by atoms with Crippen molar-refractivity contribution in [2.24, 2.45) is 5.41 Å². The Morgan fingerprint density at radius 1 is 1.06 bits per heavy atom. The first-order valence-electron chi connectivity index (χ1n) is 11.5. The van der Waals surface area contributed by atoms with Gasteiger partial charge in [-0.1, -0.05) is 55.5 Å². The van der Waals surface area contributed by atoms with Crippen LogP contribution in [0.2, 0.25) is 0 Å². The van der Waals surface area contributed by atoms with Gasteiger partial charge in [0.15, 0.2) is 0 Å². The van der Waals surface area contributed by atoms with Crippen LogP contribution >= 0.6 is 0 Å². The Hall–Kier alpha value is -3.35. The molecule has 0 bridgehead atoms. The summed E-state index contributed by atoms with van der Waals surface area (Å²) in [5.74, 6) is -1.48. The van der Waals surface area contributed by atoms with E-state index in [9.17, 15) is 14.4 Å². The Kier molecular flexibility index (Phi) is 6.67. The predicted octanol–water partition coefficient (Wildman–Crippen LogP) is 4.06. The van der Waals surface area contributed by atoms with E-state index in [1.54, 1.807) is 0 Å². The number of hydrogen-bond acceptors (Lipinski definition) is 4. The normalized spacial score (nSPS) is 16.3. The monoisotopic (exact) mass is 450 g/mol. The van der Waals surface area contributed by atoms with Crippen LogP contribution in [0.25, 0.3) is 11.1 Å². The Morgan fingerprint density at radius 2 is 1.67 bits per heavy atom. The van der Waals surface area contributed by atoms with Gasteiger partial charge in [-0.25, -0.2) is 4.79 Å². The molecule has 1 saturated carbocycles. The SMILES string of the molecule is CCC1(CNC(=O)C(CCC(=O)O)NC(=O)OCC2c3ccccc3-c3ccccc32)CC1. The van der Waals surface area contributed by atoms with Gasteiger partial charge in [0, 0.05) is 18.9 Å². The molecule has 7 heteroatoms. The van der Waals surface area contributed by atoms with E-state index in [4.69, 9.17) is 9.84 Å². The van der Waals surface area contributed by atoms with Gasteiger partial charge in [0.1, 0.15) is 12.6 Å². The molecule has 0 spiro atoms. The smallest absolute Gasteiger partial charge is 0.407 e. The number of nitrogens with one attached hydrogen (secondary N) is 2. The van der Waals surface area contributed by atoms with E-state index < -0.39 is 18.1 Å². The van der Waals surface area contributed by atoms with Crippen LogP contribution in [0.4, 0.5) is 4.79 Å². The predicted molar refractivity (Wildman–Crippen MR) is 124 cm³/mol. The van der Waals surface area contributed by atoms with E-state index >= 15 is 0 Å². The summed E-state index contributed by atoms with van der Waals surface area (Å²) in [5, 5.41) is 14.5. The molecule has 2 aliphatic rings. The van der Waals surface area contributed by atoms with Gasteiger partial charge in [-0.05, 0) is 53.4 Å². The molecule has 1 atom stereocenters. The molecule has 1 unspecified atom stereocenters. The van der Waals surface area contributed by atoms with Gasteiger partial charge >= 0.3 is 12.1 Å². The summed E-state index contributed by atoms with van der Waals surface area (Å²) in [5.41, 5.74) is 4.61. The first kappa shape index (κ1) is 22.8. The molecule has 7 nitrogen and oxygen atoms in total. The highest BCUT2D eigenvalue weighted by Crippen LogP contribution is 2.48. The molecule has 4 rings (SSSR count). The highest BCUT2D eigenvalue weighted by molar-refractivity contribution is 5.86. The van der Waals surface area contributed by atoms with Gasteiger partial charge in [0.05, 0.1) is 0 Å². The maximum Gasteiger partial charge on any atom is 0.407 e. The summed E-state index contributed by atoms with van der Waals surface area (Å²) in [6.45, 7) is 2.76. The average Bonchev–Trinajstić information content (AvgIpc) is 3.54. The van der Waals surface area contributed by atoms with E-state index in [-0.39, 0.29) is 36.7 Å². The van der Waals surface area contributed by atoms with Gasteiger partial charge in [0.2, 0.25) is 5.91 Å². The van der Waals surface area contributed by atoms with Crippen LogP contribution in [-0.2, 0) is 14.3 Å². The van der Waals surface area contributed by atoms with E-state index in [2.05, 4.69) is 29.7 Å². The van der Waals surface area contributed by atoms with Crippen LogP contribution in [0, 0.1) is 5.41 Å². The number of benzene rings is 2. The molecule has 0 radical (unpaired) electrons. The summed E-state index contributed by atoms with van der Waals surface area (Å²) >= 11 is 0. The topological polar surface area (TPSA) is 105 Å². The summed E-state index contributed by atoms with van der Waals surface area (Å²) in [7, 11) is 0. The molecule has 2 aliphatic carbocycles. The molecule has 0 heterocycles. The summed E-state index contributed by atoms with van der Waals surface area (Å²) in [6, 6.07) is 15.1. The number of ether oxygens (including phenoxy) is 1. The fourth-order valence-corrected chi connectivity index (χ4v) is 4.55. The molecule has 0 saturated heterocycles. The van der Waals surface area contributed by atoms with Crippen molar-refractivity contribution >= 4 is 18.0 Å². The molecular formula is C26H30N2O5. The number of hydrogen-bond donors (Lipinski definition) is 3. The lowest BCUT2D eigenvalue weighted by molar-refractivity contribution is -0.137. The molecule has 2 aromatic rings. The molecule has 174 valence electrons. The number of amides is 2. The lowest BCUT2D eigenvalue weighted by atomic mass is 9.98. The number of fused-ring (bicyclic) bond motifs is 3. The third kappa shape index (κ3) is 5.18. The molecule has 33 heavy (non-hydrogen) atoms. The zero-order valence-electron chi connectivity index (χ0n) is 18.8. The van der Waals surface area contributed by atoms with Crippen molar-refractivity contribution in [2.75, 3.05) is 13.2 Å². The number of carbonyl (C=O) groups is 3. The number of carboxylic acids is 1. The maximum atomic E-state index is 12.7. The molecular weight excluding hydrogens is 420 g/mol. The highest BCUT2D eigenvalue weighted by atomic mass is 16.5. The molecule has 2 amide bonds. The van der Waals surface area contributed by atoms with Crippen molar-refractivity contribution in [1.82, 2.24) is 10.6 Å². The van der Waals surface area contributed by atoms with Crippen LogP contribution < -0.4 is 10.6 Å². The number of carbonyl (C=O) groups excluding carboxylic acids is 2. The lowest BCUT2D eigenvalue weighted by Crippen LogP contribution is -2.48. The Morgan fingerprint density at radius 3 is 2.21 bits per heavy atom. The molecule has 2 aromatic carbocycles. The number of aliphatic carboxylic acids is 1. The summed E-state index contributed by atoms with van der Waals surface area (Å²) in [6.07, 6.45) is 2.18. The van der Waals surface area contributed by atoms with Gasteiger partial charge in [-0.2, -0.15) is 0 Å². The second kappa shape index (κ2) is 9.65. The second-order valence-corrected chi connectivity index (χ2v) is 9.03. The minimum absolute atomic E-state index is 0.00445. The van der Waals surface area contributed by atoms with E-state index in [0.717, 1.165) is 41.5 Å². The van der Waals surface area contributed by atoms with E-state index in [1.807, 2.05) is 36.4 Å². The number of carboxylic acid groups (broad SMARTS) is 1. The molecule has 3 N–H and O–H groups in total. The van der Waals surface area contributed by atoms with Crippen LogP contribution in [0.1, 0.15) is 56.1 Å². The Bertz CT molecular complexity index is 1000. The van der Waals surface area contributed by atoms with Crippen molar-refractivity contribution in [3.05, 3.63) is 59.7 Å². The minimum Gasteiger partial charge on any atom is -0.481 e.